The van der Waals surface area contributed by atoms with Crippen LogP contribution in [0.3, 0.4) is 0 Å². The number of carbonyl (C=O) groups excluding carboxylic acids is 1. The van der Waals surface area contributed by atoms with Crippen LogP contribution in [0.15, 0.2) is 29.1 Å². The summed E-state index contributed by atoms with van der Waals surface area (Å²) in [4.78, 5) is 29.7. The molecule has 0 bridgehead atoms. The molecule has 2 fully saturated rings. The number of amides is 1. The lowest BCUT2D eigenvalue weighted by Crippen LogP contribution is -2.49. The summed E-state index contributed by atoms with van der Waals surface area (Å²) in [5.41, 5.74) is 1.72. The maximum absolute atomic E-state index is 12.5. The summed E-state index contributed by atoms with van der Waals surface area (Å²) in [5, 5.41) is 4.23. The van der Waals surface area contributed by atoms with Crippen LogP contribution in [0.25, 0.3) is 10.9 Å². The highest BCUT2D eigenvalue weighted by atomic mass is 35.5. The summed E-state index contributed by atoms with van der Waals surface area (Å²) >= 11 is 6.01. The Balaban J connectivity index is 1.48. The number of methoxy groups -OCH3 is 1. The number of ether oxygens (including phenoxy) is 1. The number of aromatic amines is 1. The molecule has 2 N–H and O–H groups in total. The van der Waals surface area contributed by atoms with E-state index in [-0.39, 0.29) is 23.5 Å². The molecule has 0 radical (unpaired) electrons. The molecule has 1 aromatic heterocycles. The van der Waals surface area contributed by atoms with E-state index in [1.807, 2.05) is 6.07 Å². The standard InChI is InChI=1S/C21H26ClN3O3/c1-12(26)23-19-5-13-9-25(10-14(13)6-21(19)28-2)11-16-8-20(27)17-7-15(22)3-4-18(17)24-16/h3-4,7-8,13-14,19,21H,5-6,9-11H2,1-2H3,(H,23,26)(H,24,27)/t13-,14+,19-,21-/m1/s1. The summed E-state index contributed by atoms with van der Waals surface area (Å²) < 4.78 is 5.65. The number of rotatable bonds is 4. The van der Waals surface area contributed by atoms with E-state index < -0.39 is 0 Å². The van der Waals surface area contributed by atoms with E-state index in [1.54, 1.807) is 32.2 Å². The van der Waals surface area contributed by atoms with Crippen molar-refractivity contribution in [1.29, 1.82) is 0 Å². The molecule has 2 aliphatic rings. The van der Waals surface area contributed by atoms with Crippen molar-refractivity contribution < 1.29 is 9.53 Å². The van der Waals surface area contributed by atoms with Crippen molar-refractivity contribution in [1.82, 2.24) is 15.2 Å². The molecule has 1 aliphatic heterocycles. The SMILES string of the molecule is CO[C@@H]1C[C@H]2CN(Cc3cc(=O)c4cc(Cl)ccc4[nH]3)C[C@H]2C[C@H]1NC(C)=O. The van der Waals surface area contributed by atoms with E-state index in [0.29, 0.717) is 28.8 Å². The van der Waals surface area contributed by atoms with Crippen molar-refractivity contribution >= 4 is 28.4 Å². The molecule has 150 valence electrons. The normalized spacial score (nSPS) is 27.7. The third-order valence-electron chi connectivity index (χ3n) is 6.13. The smallest absolute Gasteiger partial charge is 0.217 e. The highest BCUT2D eigenvalue weighted by molar-refractivity contribution is 6.31. The van der Waals surface area contributed by atoms with E-state index >= 15 is 0 Å². The second-order valence-corrected chi connectivity index (χ2v) is 8.55. The van der Waals surface area contributed by atoms with Crippen LogP contribution in [-0.4, -0.2) is 48.1 Å². The van der Waals surface area contributed by atoms with Crippen molar-refractivity contribution in [3.63, 3.8) is 0 Å². The van der Waals surface area contributed by atoms with Gasteiger partial charge in [0.15, 0.2) is 5.43 Å². The van der Waals surface area contributed by atoms with Gasteiger partial charge in [-0.1, -0.05) is 11.6 Å². The van der Waals surface area contributed by atoms with Gasteiger partial charge in [-0.25, -0.2) is 0 Å². The predicted octanol–water partition coefficient (Wildman–Crippen LogP) is 2.54. The number of likely N-dealkylation sites (tertiary alicyclic amines) is 1. The molecule has 1 aliphatic carbocycles. The second kappa shape index (κ2) is 7.85. The third kappa shape index (κ3) is 3.95. The lowest BCUT2D eigenvalue weighted by Gasteiger charge is -2.37. The van der Waals surface area contributed by atoms with Crippen LogP contribution in [0.5, 0.6) is 0 Å². The van der Waals surface area contributed by atoms with Gasteiger partial charge < -0.3 is 15.0 Å². The van der Waals surface area contributed by atoms with Crippen molar-refractivity contribution in [3.8, 4) is 0 Å². The summed E-state index contributed by atoms with van der Waals surface area (Å²) in [6.45, 7) is 4.22. The number of hydrogen-bond donors (Lipinski definition) is 2. The summed E-state index contributed by atoms with van der Waals surface area (Å²) in [5.74, 6) is 1.09. The van der Waals surface area contributed by atoms with Gasteiger partial charge in [0, 0.05) is 61.4 Å². The van der Waals surface area contributed by atoms with E-state index in [9.17, 15) is 9.59 Å². The Bertz CT molecular complexity index is 944. The quantitative estimate of drug-likeness (QED) is 0.822. The molecule has 4 atom stereocenters. The first-order chi connectivity index (χ1) is 13.4. The van der Waals surface area contributed by atoms with Gasteiger partial charge in [0.05, 0.1) is 12.1 Å². The molecule has 2 aromatic rings. The van der Waals surface area contributed by atoms with Crippen LogP contribution < -0.4 is 10.7 Å². The van der Waals surface area contributed by atoms with Crippen LogP contribution in [0, 0.1) is 11.8 Å². The fourth-order valence-electron chi connectivity index (χ4n) is 4.91. The van der Waals surface area contributed by atoms with Gasteiger partial charge in [-0.15, -0.1) is 0 Å². The van der Waals surface area contributed by atoms with Crippen LogP contribution in [0.2, 0.25) is 5.02 Å². The van der Waals surface area contributed by atoms with Crippen LogP contribution in [0.4, 0.5) is 0 Å². The number of nitrogens with zero attached hydrogens (tertiary/aromatic N) is 1. The second-order valence-electron chi connectivity index (χ2n) is 8.12. The maximum atomic E-state index is 12.5. The fraction of sp³-hybridized carbons (Fsp3) is 0.524. The highest BCUT2D eigenvalue weighted by Crippen LogP contribution is 2.38. The summed E-state index contributed by atoms with van der Waals surface area (Å²) in [6, 6.07) is 7.11. The van der Waals surface area contributed by atoms with Gasteiger partial charge in [0.25, 0.3) is 0 Å². The molecule has 1 saturated carbocycles. The van der Waals surface area contributed by atoms with Crippen LogP contribution in [0.1, 0.15) is 25.5 Å². The molecule has 1 aromatic carbocycles. The van der Waals surface area contributed by atoms with Gasteiger partial charge in [-0.05, 0) is 42.9 Å². The van der Waals surface area contributed by atoms with Crippen LogP contribution in [-0.2, 0) is 16.1 Å². The topological polar surface area (TPSA) is 74.4 Å². The van der Waals surface area contributed by atoms with Gasteiger partial charge in [-0.3, -0.25) is 14.5 Å². The zero-order valence-electron chi connectivity index (χ0n) is 16.2. The molecule has 7 heteroatoms. The Morgan fingerprint density at radius 1 is 1.29 bits per heavy atom. The fourth-order valence-corrected chi connectivity index (χ4v) is 5.09. The van der Waals surface area contributed by atoms with E-state index in [1.165, 1.54) is 0 Å². The number of H-pyrrole nitrogens is 1. The highest BCUT2D eigenvalue weighted by Gasteiger charge is 2.42. The Hall–Kier alpha value is -1.89. The molecule has 0 spiro atoms. The maximum Gasteiger partial charge on any atom is 0.217 e. The van der Waals surface area contributed by atoms with E-state index in [4.69, 9.17) is 16.3 Å². The number of hydrogen-bond acceptors (Lipinski definition) is 4. The zero-order chi connectivity index (χ0) is 19.8. The average molecular weight is 404 g/mol. The molecule has 1 saturated heterocycles. The lowest BCUT2D eigenvalue weighted by atomic mass is 9.77. The van der Waals surface area contributed by atoms with E-state index in [0.717, 1.165) is 37.1 Å². The molecule has 6 nitrogen and oxygen atoms in total. The molecular formula is C21H26ClN3O3. The van der Waals surface area contributed by atoms with E-state index in [2.05, 4.69) is 15.2 Å². The number of halogens is 1. The van der Waals surface area contributed by atoms with Gasteiger partial charge >= 0.3 is 0 Å². The lowest BCUT2D eigenvalue weighted by molar-refractivity contribution is -0.121. The Kier molecular flexibility index (Phi) is 5.45. The summed E-state index contributed by atoms with van der Waals surface area (Å²) in [6.07, 6.45) is 1.96. The van der Waals surface area contributed by atoms with Gasteiger partial charge in [0.2, 0.25) is 5.91 Å². The number of pyridine rings is 1. The minimum atomic E-state index is -0.00645. The van der Waals surface area contributed by atoms with Gasteiger partial charge in [-0.2, -0.15) is 0 Å². The largest absolute Gasteiger partial charge is 0.379 e. The molecule has 28 heavy (non-hydrogen) atoms. The number of fused-ring (bicyclic) bond motifs is 2. The van der Waals surface area contributed by atoms with Crippen molar-refractivity contribution in [2.45, 2.75) is 38.5 Å². The number of carbonyl (C=O) groups is 1. The van der Waals surface area contributed by atoms with Crippen molar-refractivity contribution in [3.05, 3.63) is 45.2 Å². The number of aromatic nitrogens is 1. The number of benzene rings is 1. The molecular weight excluding hydrogens is 378 g/mol. The zero-order valence-corrected chi connectivity index (χ0v) is 17.0. The first-order valence-electron chi connectivity index (χ1n) is 9.76. The molecule has 1 amide bonds. The third-order valence-corrected chi connectivity index (χ3v) is 6.36. The Morgan fingerprint density at radius 2 is 2.04 bits per heavy atom. The number of nitrogens with one attached hydrogen (secondary N) is 2. The van der Waals surface area contributed by atoms with Crippen LogP contribution >= 0.6 is 11.6 Å². The molecule has 2 heterocycles. The first kappa shape index (κ1) is 19.4. The summed E-state index contributed by atoms with van der Waals surface area (Å²) in [7, 11) is 1.72. The average Bonchev–Trinajstić information content (AvgIpc) is 3.02. The minimum Gasteiger partial charge on any atom is -0.379 e. The monoisotopic (exact) mass is 403 g/mol. The van der Waals surface area contributed by atoms with Crippen molar-refractivity contribution in [2.75, 3.05) is 20.2 Å². The molecule has 4 rings (SSSR count). The first-order valence-corrected chi connectivity index (χ1v) is 10.1. The van der Waals surface area contributed by atoms with Gasteiger partial charge in [0.1, 0.15) is 0 Å². The Labute approximate surface area is 169 Å². The molecule has 0 unspecified atom stereocenters. The Morgan fingerprint density at radius 3 is 2.75 bits per heavy atom. The van der Waals surface area contributed by atoms with Crippen molar-refractivity contribution in [2.24, 2.45) is 11.8 Å². The minimum absolute atomic E-state index is 0.00537. The predicted molar refractivity (Wildman–Crippen MR) is 109 cm³/mol.